The van der Waals surface area contributed by atoms with Crippen LogP contribution in [0.1, 0.15) is 43.7 Å². The van der Waals surface area contributed by atoms with Crippen LogP contribution in [0.5, 0.6) is 0 Å². The molecule has 0 spiro atoms. The van der Waals surface area contributed by atoms with E-state index in [0.717, 1.165) is 17.5 Å². The van der Waals surface area contributed by atoms with Crippen LogP contribution in [0, 0.1) is 5.92 Å². The van der Waals surface area contributed by atoms with Gasteiger partial charge in [0.05, 0.1) is 11.4 Å². The summed E-state index contributed by atoms with van der Waals surface area (Å²) in [4.78, 5) is 19.8. The van der Waals surface area contributed by atoms with Crippen LogP contribution >= 0.6 is 35.4 Å². The van der Waals surface area contributed by atoms with E-state index < -0.39 is 6.17 Å². The monoisotopic (exact) mass is 488 g/mol. The molecule has 168 valence electrons. The van der Waals surface area contributed by atoms with Crippen molar-refractivity contribution in [2.75, 3.05) is 11.9 Å². The number of benzene rings is 2. The lowest BCUT2D eigenvalue weighted by molar-refractivity contribution is -0.119. The maximum absolute atomic E-state index is 13.3. The van der Waals surface area contributed by atoms with E-state index in [-0.39, 0.29) is 5.91 Å². The average molecular weight is 489 g/mol. The number of halogens is 2. The van der Waals surface area contributed by atoms with E-state index in [0.29, 0.717) is 38.5 Å². The third-order valence-corrected chi connectivity index (χ3v) is 7.02. The fourth-order valence-electron chi connectivity index (χ4n) is 4.37. The van der Waals surface area contributed by atoms with E-state index in [2.05, 4.69) is 17.6 Å². The summed E-state index contributed by atoms with van der Waals surface area (Å²) in [5.41, 5.74) is 2.78. The number of nitrogens with one attached hydrogen (secondary N) is 2. The molecule has 1 aliphatic carbocycles. The van der Waals surface area contributed by atoms with Gasteiger partial charge in [0.25, 0.3) is 5.91 Å². The zero-order valence-corrected chi connectivity index (χ0v) is 20.4. The summed E-state index contributed by atoms with van der Waals surface area (Å²) in [6.07, 6.45) is 3.78. The number of anilines is 1. The maximum atomic E-state index is 13.3. The highest BCUT2D eigenvalue weighted by Gasteiger charge is 2.32. The van der Waals surface area contributed by atoms with Gasteiger partial charge in [-0.15, -0.1) is 0 Å². The van der Waals surface area contributed by atoms with Crippen molar-refractivity contribution in [2.24, 2.45) is 10.9 Å². The number of thiocarbonyl (C=S) groups is 1. The van der Waals surface area contributed by atoms with Gasteiger partial charge >= 0.3 is 0 Å². The Kier molecular flexibility index (Phi) is 7.03. The lowest BCUT2D eigenvalue weighted by Gasteiger charge is -2.31. The molecule has 2 aliphatic rings. The minimum atomic E-state index is -0.892. The second-order valence-electron chi connectivity index (χ2n) is 8.40. The molecule has 2 aromatic carbocycles. The highest BCUT2D eigenvalue weighted by molar-refractivity contribution is 7.80. The first-order valence-electron chi connectivity index (χ1n) is 10.8. The fourth-order valence-corrected chi connectivity index (χ4v) is 5.03. The smallest absolute Gasteiger partial charge is 0.272 e. The summed E-state index contributed by atoms with van der Waals surface area (Å²) >= 11 is 18.4. The maximum Gasteiger partial charge on any atom is 0.272 e. The number of hydrogen-bond donors (Lipinski definition) is 2. The molecule has 8 heteroatoms. The van der Waals surface area contributed by atoms with Crippen LogP contribution < -0.4 is 15.5 Å². The molecule has 2 aromatic rings. The van der Waals surface area contributed by atoms with Crippen LogP contribution in [-0.2, 0) is 4.79 Å². The Hall–Kier alpha value is -2.15. The van der Waals surface area contributed by atoms with E-state index in [1.54, 1.807) is 24.1 Å². The molecule has 1 aliphatic heterocycles. The van der Waals surface area contributed by atoms with Gasteiger partial charge in [0.1, 0.15) is 0 Å². The molecule has 0 bridgehead atoms. The van der Waals surface area contributed by atoms with Crippen LogP contribution in [0.25, 0.3) is 0 Å². The van der Waals surface area contributed by atoms with Gasteiger partial charge < -0.3 is 15.5 Å². The third kappa shape index (κ3) is 4.77. The summed E-state index contributed by atoms with van der Waals surface area (Å²) in [5, 5.41) is 8.08. The average Bonchev–Trinajstić information content (AvgIpc) is 2.86. The largest absolute Gasteiger partial charge is 0.360 e. The van der Waals surface area contributed by atoms with Crippen molar-refractivity contribution in [3.63, 3.8) is 0 Å². The second kappa shape index (κ2) is 9.77. The normalized spacial score (nSPS) is 23.1. The van der Waals surface area contributed by atoms with Gasteiger partial charge in [-0.1, -0.05) is 61.2 Å². The first-order chi connectivity index (χ1) is 15.3. The molecule has 3 atom stereocenters. The molecule has 2 N–H and O–H groups in total. The Balaban J connectivity index is 1.70. The molecule has 1 fully saturated rings. The van der Waals surface area contributed by atoms with Crippen molar-refractivity contribution in [3.8, 4) is 0 Å². The number of rotatable bonds is 3. The van der Waals surface area contributed by atoms with Gasteiger partial charge in [-0.25, -0.2) is 4.99 Å². The number of fused-ring (bicyclic) bond motifs is 1. The number of nitrogens with zero attached hydrogens (tertiary/aromatic N) is 2. The number of aliphatic imine (C=N–C) groups is 1. The number of carbonyl (C=O) groups is 1. The van der Waals surface area contributed by atoms with Gasteiger partial charge in [-0.2, -0.15) is 0 Å². The lowest BCUT2D eigenvalue weighted by atomic mass is 9.86. The molecular formula is C24H26Cl2N4OS. The number of hydrogen-bond acceptors (Lipinski definition) is 3. The van der Waals surface area contributed by atoms with Crippen LogP contribution in [0.3, 0.4) is 0 Å². The Labute approximate surface area is 204 Å². The van der Waals surface area contributed by atoms with Crippen molar-refractivity contribution < 1.29 is 4.79 Å². The summed E-state index contributed by atoms with van der Waals surface area (Å²) in [6, 6.07) is 13.1. The van der Waals surface area contributed by atoms with Crippen LogP contribution in [0.2, 0.25) is 10.0 Å². The number of benzodiazepines with no additional fused rings is 1. The van der Waals surface area contributed by atoms with E-state index >= 15 is 0 Å². The van der Waals surface area contributed by atoms with Crippen molar-refractivity contribution in [1.29, 1.82) is 0 Å². The first-order valence-corrected chi connectivity index (χ1v) is 12.0. The van der Waals surface area contributed by atoms with E-state index in [1.807, 2.05) is 30.3 Å². The number of amides is 1. The molecular weight excluding hydrogens is 463 g/mol. The fraction of sp³-hybridized carbons (Fsp3) is 0.375. The SMILES string of the molecule is CC1CCCCC1NC(=S)NC1N=C(c2ccccc2Cl)c2cc(Cl)ccc2N(C)C1=O. The number of likely N-dealkylation sites (N-methyl/N-ethyl adjacent to an activating group) is 1. The predicted octanol–water partition coefficient (Wildman–Crippen LogP) is 5.18. The standard InChI is InChI=1S/C24H26Cl2N4OS/c1-14-7-3-6-10-19(14)27-24(32)29-22-23(31)30(2)20-12-11-15(25)13-17(20)21(28-22)16-8-4-5-9-18(16)26/h4-5,8-9,11-14,19,22H,3,6-7,10H2,1-2H3,(H2,27,29,32). The molecule has 5 nitrogen and oxygen atoms in total. The van der Waals surface area contributed by atoms with E-state index in [1.165, 1.54) is 19.3 Å². The lowest BCUT2D eigenvalue weighted by Crippen LogP contribution is -2.52. The van der Waals surface area contributed by atoms with Gasteiger partial charge in [-0.05, 0) is 55.2 Å². The Bertz CT molecular complexity index is 1070. The predicted molar refractivity (Wildman–Crippen MR) is 136 cm³/mol. The van der Waals surface area contributed by atoms with Gasteiger partial charge in [0.2, 0.25) is 6.17 Å². The summed E-state index contributed by atoms with van der Waals surface area (Å²) in [7, 11) is 1.73. The Morgan fingerprint density at radius 2 is 1.84 bits per heavy atom. The van der Waals surface area contributed by atoms with Gasteiger partial charge in [0, 0.05) is 34.3 Å². The van der Waals surface area contributed by atoms with Crippen molar-refractivity contribution in [3.05, 3.63) is 63.6 Å². The van der Waals surface area contributed by atoms with Crippen molar-refractivity contribution in [1.82, 2.24) is 10.6 Å². The molecule has 4 rings (SSSR count). The van der Waals surface area contributed by atoms with Crippen molar-refractivity contribution >= 4 is 57.8 Å². The Morgan fingerprint density at radius 3 is 2.59 bits per heavy atom. The summed E-state index contributed by atoms with van der Waals surface area (Å²) < 4.78 is 0. The van der Waals surface area contributed by atoms with Gasteiger partial charge in [0.15, 0.2) is 5.11 Å². The first kappa shape index (κ1) is 23.0. The van der Waals surface area contributed by atoms with Gasteiger partial charge in [-0.3, -0.25) is 4.79 Å². The van der Waals surface area contributed by atoms with E-state index in [9.17, 15) is 4.79 Å². The van der Waals surface area contributed by atoms with Crippen molar-refractivity contribution in [2.45, 2.75) is 44.8 Å². The molecule has 0 radical (unpaired) electrons. The minimum absolute atomic E-state index is 0.212. The summed E-state index contributed by atoms with van der Waals surface area (Å²) in [5.74, 6) is 0.320. The zero-order chi connectivity index (χ0) is 22.8. The molecule has 1 heterocycles. The second-order valence-corrected chi connectivity index (χ2v) is 9.66. The Morgan fingerprint density at radius 1 is 1.09 bits per heavy atom. The highest BCUT2D eigenvalue weighted by Crippen LogP contribution is 2.32. The zero-order valence-electron chi connectivity index (χ0n) is 18.1. The third-order valence-electron chi connectivity index (χ3n) is 6.22. The molecule has 0 aromatic heterocycles. The van der Waals surface area contributed by atoms with Crippen LogP contribution in [0.4, 0.5) is 5.69 Å². The van der Waals surface area contributed by atoms with E-state index in [4.69, 9.17) is 40.4 Å². The topological polar surface area (TPSA) is 56.7 Å². The quantitative estimate of drug-likeness (QED) is 0.584. The minimum Gasteiger partial charge on any atom is -0.360 e. The molecule has 32 heavy (non-hydrogen) atoms. The number of carbonyl (C=O) groups excluding carboxylic acids is 1. The van der Waals surface area contributed by atoms with Crippen LogP contribution in [-0.4, -0.2) is 36.0 Å². The molecule has 1 saturated carbocycles. The highest BCUT2D eigenvalue weighted by atomic mass is 35.5. The molecule has 0 saturated heterocycles. The molecule has 1 amide bonds. The summed E-state index contributed by atoms with van der Waals surface area (Å²) in [6.45, 7) is 2.23. The molecule has 3 unspecified atom stereocenters. The van der Waals surface area contributed by atoms with Crippen LogP contribution in [0.15, 0.2) is 47.5 Å².